The zero-order valence-corrected chi connectivity index (χ0v) is 15.4. The summed E-state index contributed by atoms with van der Waals surface area (Å²) in [4.78, 5) is 38.9. The molecule has 7 rings (SSSR count). The fourth-order valence-corrected chi connectivity index (χ4v) is 6.65. The number of allylic oxidation sites excluding steroid dienone is 2. The van der Waals surface area contributed by atoms with Gasteiger partial charge in [-0.05, 0) is 66.7 Å². The molecule has 29 heavy (non-hydrogen) atoms. The average Bonchev–Trinajstić information content (AvgIpc) is 3.52. The number of hydrazine groups is 1. The predicted octanol–water partition coefficient (Wildman–Crippen LogP) is 2.79. The lowest BCUT2D eigenvalue weighted by Crippen LogP contribution is -2.52. The molecule has 0 aromatic heterocycles. The van der Waals surface area contributed by atoms with Gasteiger partial charge in [-0.2, -0.15) is 18.2 Å². The van der Waals surface area contributed by atoms with E-state index in [1.807, 2.05) is 6.92 Å². The van der Waals surface area contributed by atoms with Gasteiger partial charge in [0.05, 0.1) is 16.9 Å². The Morgan fingerprint density at radius 3 is 2.48 bits per heavy atom. The van der Waals surface area contributed by atoms with Crippen molar-refractivity contribution in [1.82, 2.24) is 10.4 Å². The van der Waals surface area contributed by atoms with Gasteiger partial charge in [0, 0.05) is 5.56 Å². The van der Waals surface area contributed by atoms with Crippen LogP contribution in [0.5, 0.6) is 0 Å². The number of nitrogens with zero attached hydrogens (tertiary/aromatic N) is 1. The summed E-state index contributed by atoms with van der Waals surface area (Å²) in [5.41, 5.74) is 0.724. The first-order chi connectivity index (χ1) is 13.6. The molecule has 1 aliphatic heterocycles. The predicted molar refractivity (Wildman–Crippen MR) is 92.5 cm³/mol. The standard InChI is InChI=1S/C21H17F3N2O3/c1-19-13-7-6-11(14-12-8-20(12,13)14)15(19)17(28)26(18(19)29)25-16(27)9-2-4-10(5-3-9)21(22,23)24/h2-7,11-15H,8H2,1H3,(H,25,27)/t11?,12-,13?,14?,15-,19-,20+/m1/s1. The third-order valence-corrected chi connectivity index (χ3v) is 8.08. The summed E-state index contributed by atoms with van der Waals surface area (Å²) in [5.74, 6) is -0.992. The van der Waals surface area contributed by atoms with Gasteiger partial charge in [-0.3, -0.25) is 19.8 Å². The molecule has 1 spiro atoms. The summed E-state index contributed by atoms with van der Waals surface area (Å²) >= 11 is 0. The number of hydrogen-bond donors (Lipinski definition) is 1. The van der Waals surface area contributed by atoms with Crippen LogP contribution >= 0.6 is 0 Å². The van der Waals surface area contributed by atoms with E-state index in [0.717, 1.165) is 35.7 Å². The molecule has 3 unspecified atom stereocenters. The van der Waals surface area contributed by atoms with Crippen LogP contribution in [0.1, 0.15) is 29.3 Å². The number of nitrogens with one attached hydrogen (secondary N) is 1. The van der Waals surface area contributed by atoms with Gasteiger partial charge in [0.15, 0.2) is 0 Å². The lowest BCUT2D eigenvalue weighted by molar-refractivity contribution is -0.145. The van der Waals surface area contributed by atoms with Gasteiger partial charge in [0.1, 0.15) is 0 Å². The van der Waals surface area contributed by atoms with Crippen molar-refractivity contribution in [3.63, 3.8) is 0 Å². The SMILES string of the molecule is C[C@]12C(=O)N(NC(=O)c3ccc(C(F)(F)F)cc3)C(=O)[C@H]1C1C=CC2[C@]23C[C@@H]2C13. The van der Waals surface area contributed by atoms with Gasteiger partial charge >= 0.3 is 6.18 Å². The van der Waals surface area contributed by atoms with Crippen LogP contribution in [-0.4, -0.2) is 22.7 Å². The number of carbonyl (C=O) groups excluding carboxylic acids is 3. The zero-order chi connectivity index (χ0) is 20.5. The molecular formula is C21H17F3N2O3. The van der Waals surface area contributed by atoms with Crippen molar-refractivity contribution >= 4 is 17.7 Å². The van der Waals surface area contributed by atoms with E-state index in [1.165, 1.54) is 0 Å². The minimum atomic E-state index is -4.51. The molecule has 1 saturated heterocycles. The summed E-state index contributed by atoms with van der Waals surface area (Å²) in [6.45, 7) is 1.82. The molecule has 1 heterocycles. The van der Waals surface area contributed by atoms with Crippen molar-refractivity contribution in [1.29, 1.82) is 0 Å². The highest BCUT2D eigenvalue weighted by Crippen LogP contribution is 2.92. The molecule has 7 atom stereocenters. The molecule has 0 radical (unpaired) electrons. The van der Waals surface area contributed by atoms with Gasteiger partial charge in [0.2, 0.25) is 0 Å². The van der Waals surface area contributed by atoms with Crippen molar-refractivity contribution in [3.05, 3.63) is 47.5 Å². The topological polar surface area (TPSA) is 66.5 Å². The third-order valence-electron chi connectivity index (χ3n) is 8.08. The Kier molecular flexibility index (Phi) is 2.82. The Labute approximate surface area is 163 Å². The maximum atomic E-state index is 13.2. The monoisotopic (exact) mass is 402 g/mol. The number of hydrogen-bond acceptors (Lipinski definition) is 3. The van der Waals surface area contributed by atoms with E-state index in [2.05, 4.69) is 17.6 Å². The normalized spacial score (nSPS) is 43.0. The zero-order valence-electron chi connectivity index (χ0n) is 15.4. The van der Waals surface area contributed by atoms with Crippen molar-refractivity contribution < 1.29 is 27.6 Å². The highest BCUT2D eigenvalue weighted by Gasteiger charge is 2.91. The van der Waals surface area contributed by atoms with E-state index >= 15 is 0 Å². The Morgan fingerprint density at radius 2 is 1.86 bits per heavy atom. The second-order valence-electron chi connectivity index (χ2n) is 9.14. The number of imide groups is 1. The first-order valence-corrected chi connectivity index (χ1v) is 9.67. The molecule has 1 aromatic carbocycles. The molecule has 150 valence electrons. The molecular weight excluding hydrogens is 385 g/mol. The second-order valence-corrected chi connectivity index (χ2v) is 9.14. The quantitative estimate of drug-likeness (QED) is 0.611. The number of carbonyl (C=O) groups is 3. The highest BCUT2D eigenvalue weighted by atomic mass is 19.4. The van der Waals surface area contributed by atoms with Gasteiger partial charge in [0.25, 0.3) is 17.7 Å². The molecule has 5 nitrogen and oxygen atoms in total. The highest BCUT2D eigenvalue weighted by molar-refractivity contribution is 6.10. The van der Waals surface area contributed by atoms with E-state index in [4.69, 9.17) is 0 Å². The maximum Gasteiger partial charge on any atom is 0.416 e. The number of alkyl halides is 3. The van der Waals surface area contributed by atoms with E-state index in [-0.39, 0.29) is 22.8 Å². The molecule has 4 fully saturated rings. The summed E-state index contributed by atoms with van der Waals surface area (Å²) in [6, 6.07) is 3.67. The molecule has 1 N–H and O–H groups in total. The third kappa shape index (κ3) is 1.81. The summed E-state index contributed by atoms with van der Waals surface area (Å²) < 4.78 is 38.1. The Morgan fingerprint density at radius 1 is 1.17 bits per heavy atom. The molecule has 2 bridgehead atoms. The van der Waals surface area contributed by atoms with Crippen LogP contribution in [0.4, 0.5) is 13.2 Å². The van der Waals surface area contributed by atoms with Crippen molar-refractivity contribution in [3.8, 4) is 0 Å². The number of amides is 3. The minimum Gasteiger partial charge on any atom is -0.272 e. The molecule has 5 aliphatic carbocycles. The fraction of sp³-hybridized carbons (Fsp3) is 0.476. The van der Waals surface area contributed by atoms with E-state index < -0.39 is 40.8 Å². The largest absolute Gasteiger partial charge is 0.416 e. The van der Waals surface area contributed by atoms with Crippen LogP contribution in [0.15, 0.2) is 36.4 Å². The van der Waals surface area contributed by atoms with Gasteiger partial charge in [-0.1, -0.05) is 12.2 Å². The minimum absolute atomic E-state index is 0.00409. The van der Waals surface area contributed by atoms with Crippen molar-refractivity contribution in [2.45, 2.75) is 19.5 Å². The van der Waals surface area contributed by atoms with Gasteiger partial charge < -0.3 is 0 Å². The number of halogens is 3. The van der Waals surface area contributed by atoms with Crippen LogP contribution in [0.2, 0.25) is 0 Å². The Bertz CT molecular complexity index is 1030. The molecule has 3 amide bonds. The smallest absolute Gasteiger partial charge is 0.272 e. The lowest BCUT2D eigenvalue weighted by atomic mass is 9.51. The number of rotatable bonds is 2. The maximum absolute atomic E-state index is 13.2. The van der Waals surface area contributed by atoms with Crippen LogP contribution in [0, 0.1) is 40.4 Å². The van der Waals surface area contributed by atoms with E-state index in [9.17, 15) is 27.6 Å². The van der Waals surface area contributed by atoms with Crippen molar-refractivity contribution in [2.24, 2.45) is 40.4 Å². The fourth-order valence-electron chi connectivity index (χ4n) is 6.65. The molecule has 6 aliphatic rings. The number of benzene rings is 1. The molecule has 1 aromatic rings. The lowest BCUT2D eigenvalue weighted by Gasteiger charge is -2.49. The first kappa shape index (κ1) is 17.2. The van der Waals surface area contributed by atoms with E-state index in [0.29, 0.717) is 11.8 Å². The van der Waals surface area contributed by atoms with Crippen LogP contribution < -0.4 is 5.43 Å². The van der Waals surface area contributed by atoms with Gasteiger partial charge in [-0.25, -0.2) is 0 Å². The Hall–Kier alpha value is -2.64. The van der Waals surface area contributed by atoms with Gasteiger partial charge in [-0.15, -0.1) is 0 Å². The summed E-state index contributed by atoms with van der Waals surface area (Å²) in [7, 11) is 0. The van der Waals surface area contributed by atoms with Crippen molar-refractivity contribution in [2.75, 3.05) is 0 Å². The summed E-state index contributed by atoms with van der Waals surface area (Å²) in [6.07, 6.45) is 0.737. The second kappa shape index (κ2) is 4.74. The van der Waals surface area contributed by atoms with Crippen LogP contribution in [0.25, 0.3) is 0 Å². The summed E-state index contributed by atoms with van der Waals surface area (Å²) in [5, 5.41) is 0.802. The first-order valence-electron chi connectivity index (χ1n) is 9.67. The van der Waals surface area contributed by atoms with E-state index in [1.54, 1.807) is 0 Å². The average molecular weight is 402 g/mol. The van der Waals surface area contributed by atoms with Crippen LogP contribution in [-0.2, 0) is 15.8 Å². The van der Waals surface area contributed by atoms with Crippen LogP contribution in [0.3, 0.4) is 0 Å². The molecule has 3 saturated carbocycles. The molecule has 8 heteroatoms. The Balaban J connectivity index is 1.27.